The Labute approximate surface area is 163 Å². The number of nitrogens with zero attached hydrogens (tertiary/aromatic N) is 3. The van der Waals surface area contributed by atoms with Crippen molar-refractivity contribution in [3.63, 3.8) is 0 Å². The molecule has 0 spiro atoms. The Morgan fingerprint density at radius 1 is 1.32 bits per heavy atom. The zero-order valence-corrected chi connectivity index (χ0v) is 16.1. The molecule has 0 unspecified atom stereocenters. The zero-order valence-electron chi connectivity index (χ0n) is 16.1. The van der Waals surface area contributed by atoms with Crippen LogP contribution in [-0.2, 0) is 11.3 Å². The Morgan fingerprint density at radius 3 is 2.93 bits per heavy atom. The first kappa shape index (κ1) is 18.3. The molecule has 0 radical (unpaired) electrons. The van der Waals surface area contributed by atoms with E-state index >= 15 is 0 Å². The molecule has 7 heteroatoms. The van der Waals surface area contributed by atoms with Crippen molar-refractivity contribution in [2.45, 2.75) is 39.2 Å². The number of hydrogen-bond acceptors (Lipinski definition) is 4. The smallest absolute Gasteiger partial charge is 0.289 e. The van der Waals surface area contributed by atoms with Crippen LogP contribution in [0.15, 0.2) is 35.0 Å². The quantitative estimate of drug-likeness (QED) is 0.753. The van der Waals surface area contributed by atoms with Gasteiger partial charge in [-0.1, -0.05) is 12.1 Å². The van der Waals surface area contributed by atoms with E-state index in [2.05, 4.69) is 4.98 Å². The molecule has 1 aliphatic rings. The van der Waals surface area contributed by atoms with Crippen molar-refractivity contribution in [2.24, 2.45) is 5.73 Å². The van der Waals surface area contributed by atoms with E-state index < -0.39 is 5.91 Å². The summed E-state index contributed by atoms with van der Waals surface area (Å²) in [6.45, 7) is 5.25. The van der Waals surface area contributed by atoms with Crippen LogP contribution in [0.25, 0.3) is 11.0 Å². The number of fused-ring (bicyclic) bond motifs is 1. The molecular formula is C21H24N4O3. The molecule has 4 rings (SSSR count). The minimum atomic E-state index is -0.406. The molecule has 2 amide bonds. The van der Waals surface area contributed by atoms with E-state index in [9.17, 15) is 9.59 Å². The van der Waals surface area contributed by atoms with Crippen LogP contribution < -0.4 is 5.73 Å². The normalized spacial score (nSPS) is 17.2. The van der Waals surface area contributed by atoms with Crippen LogP contribution in [-0.4, -0.2) is 39.4 Å². The minimum absolute atomic E-state index is 0.0685. The predicted octanol–water partition coefficient (Wildman–Crippen LogP) is 2.75. The van der Waals surface area contributed by atoms with Crippen LogP contribution in [0.1, 0.15) is 46.3 Å². The van der Waals surface area contributed by atoms with Crippen molar-refractivity contribution >= 4 is 22.8 Å². The van der Waals surface area contributed by atoms with Gasteiger partial charge in [-0.05, 0) is 38.3 Å². The topological polar surface area (TPSA) is 94.4 Å². The number of benzene rings is 1. The van der Waals surface area contributed by atoms with Gasteiger partial charge in [-0.25, -0.2) is 4.98 Å². The summed E-state index contributed by atoms with van der Waals surface area (Å²) in [6, 6.07) is 5.98. The van der Waals surface area contributed by atoms with E-state index in [1.807, 2.05) is 36.9 Å². The van der Waals surface area contributed by atoms with Gasteiger partial charge in [-0.2, -0.15) is 0 Å². The lowest BCUT2D eigenvalue weighted by molar-refractivity contribution is -0.118. The highest BCUT2D eigenvalue weighted by Crippen LogP contribution is 2.30. The predicted molar refractivity (Wildman–Crippen MR) is 105 cm³/mol. The lowest BCUT2D eigenvalue weighted by Crippen LogP contribution is -2.40. The number of imidazole rings is 1. The molecule has 1 saturated heterocycles. The fraction of sp³-hybridized carbons (Fsp3) is 0.381. The first-order valence-corrected chi connectivity index (χ1v) is 9.52. The number of furan rings is 1. The summed E-state index contributed by atoms with van der Waals surface area (Å²) in [7, 11) is 0. The largest absolute Gasteiger partial charge is 0.451 e. The second-order valence-electron chi connectivity index (χ2n) is 7.53. The maximum Gasteiger partial charge on any atom is 0.289 e. The average molecular weight is 380 g/mol. The summed E-state index contributed by atoms with van der Waals surface area (Å²) in [5.41, 5.74) is 8.04. The number of primary amides is 1. The zero-order chi connectivity index (χ0) is 19.8. The highest BCUT2D eigenvalue weighted by Gasteiger charge is 2.30. The first-order valence-electron chi connectivity index (χ1n) is 9.52. The standard InChI is InChI=1S/C21H24N4O3/c1-13-5-6-16-14(2)19(28-17(16)10-13)21(27)25-8-3-4-15(11-25)20-23-7-9-24(20)12-18(22)26/h5-7,9-10,15H,3-4,8,11-12H2,1-2H3,(H2,22,26)/t15-/m0/s1. The lowest BCUT2D eigenvalue weighted by atomic mass is 9.96. The van der Waals surface area contributed by atoms with Gasteiger partial charge < -0.3 is 19.6 Å². The second kappa shape index (κ2) is 7.14. The van der Waals surface area contributed by atoms with E-state index in [1.54, 1.807) is 17.0 Å². The molecule has 3 aromatic rings. The maximum absolute atomic E-state index is 13.2. The number of carbonyl (C=O) groups excluding carboxylic acids is 2. The second-order valence-corrected chi connectivity index (χ2v) is 7.53. The fourth-order valence-electron chi connectivity index (χ4n) is 4.03. The maximum atomic E-state index is 13.2. The van der Waals surface area contributed by atoms with E-state index in [0.29, 0.717) is 18.8 Å². The van der Waals surface area contributed by atoms with Gasteiger partial charge in [-0.3, -0.25) is 9.59 Å². The molecule has 1 atom stereocenters. The molecule has 1 aliphatic heterocycles. The Balaban J connectivity index is 1.58. The number of rotatable bonds is 4. The average Bonchev–Trinajstić information content (AvgIpc) is 3.25. The number of piperidine rings is 1. The molecule has 0 saturated carbocycles. The Hall–Kier alpha value is -3.09. The van der Waals surface area contributed by atoms with Crippen molar-refractivity contribution in [1.29, 1.82) is 0 Å². The van der Waals surface area contributed by atoms with Gasteiger partial charge >= 0.3 is 0 Å². The monoisotopic (exact) mass is 380 g/mol. The third-order valence-corrected chi connectivity index (χ3v) is 5.44. The third kappa shape index (κ3) is 3.28. The number of amides is 2. The highest BCUT2D eigenvalue weighted by molar-refractivity contribution is 5.99. The number of hydrogen-bond donors (Lipinski definition) is 1. The summed E-state index contributed by atoms with van der Waals surface area (Å²) in [5, 5.41) is 0.972. The minimum Gasteiger partial charge on any atom is -0.451 e. The van der Waals surface area contributed by atoms with Gasteiger partial charge in [0.25, 0.3) is 5.91 Å². The van der Waals surface area contributed by atoms with Crippen molar-refractivity contribution in [3.8, 4) is 0 Å². The summed E-state index contributed by atoms with van der Waals surface area (Å²) < 4.78 is 7.70. The van der Waals surface area contributed by atoms with Crippen LogP contribution in [0.2, 0.25) is 0 Å². The molecule has 0 bridgehead atoms. The lowest BCUT2D eigenvalue weighted by Gasteiger charge is -2.32. The van der Waals surface area contributed by atoms with Gasteiger partial charge in [0.2, 0.25) is 5.91 Å². The van der Waals surface area contributed by atoms with Gasteiger partial charge in [0.15, 0.2) is 5.76 Å². The van der Waals surface area contributed by atoms with Gasteiger partial charge in [0.05, 0.1) is 0 Å². The van der Waals surface area contributed by atoms with Crippen molar-refractivity contribution < 1.29 is 14.0 Å². The molecule has 7 nitrogen and oxygen atoms in total. The number of aryl methyl sites for hydroxylation is 2. The van der Waals surface area contributed by atoms with Crippen LogP contribution in [0.3, 0.4) is 0 Å². The van der Waals surface area contributed by atoms with E-state index in [4.69, 9.17) is 10.2 Å². The highest BCUT2D eigenvalue weighted by atomic mass is 16.3. The van der Waals surface area contributed by atoms with E-state index in [1.165, 1.54) is 0 Å². The summed E-state index contributed by atoms with van der Waals surface area (Å²) in [6.07, 6.45) is 5.22. The summed E-state index contributed by atoms with van der Waals surface area (Å²) in [5.74, 6) is 0.772. The number of nitrogens with two attached hydrogens (primary N) is 1. The van der Waals surface area contributed by atoms with Gasteiger partial charge in [0.1, 0.15) is 18.0 Å². The van der Waals surface area contributed by atoms with Crippen molar-refractivity contribution in [1.82, 2.24) is 14.5 Å². The van der Waals surface area contributed by atoms with Crippen molar-refractivity contribution in [2.75, 3.05) is 13.1 Å². The van der Waals surface area contributed by atoms with Crippen molar-refractivity contribution in [3.05, 3.63) is 53.3 Å². The van der Waals surface area contributed by atoms with E-state index in [0.717, 1.165) is 40.8 Å². The Kier molecular flexibility index (Phi) is 4.66. The van der Waals surface area contributed by atoms with Gasteiger partial charge in [-0.15, -0.1) is 0 Å². The van der Waals surface area contributed by atoms with Crippen LogP contribution in [0.4, 0.5) is 0 Å². The number of likely N-dealkylation sites (tertiary alicyclic amines) is 1. The summed E-state index contributed by atoms with van der Waals surface area (Å²) in [4.78, 5) is 30.7. The first-order chi connectivity index (χ1) is 13.4. The van der Waals surface area contributed by atoms with Crippen LogP contribution in [0, 0.1) is 13.8 Å². The Bertz CT molecular complexity index is 1050. The molecule has 3 heterocycles. The molecule has 28 heavy (non-hydrogen) atoms. The third-order valence-electron chi connectivity index (χ3n) is 5.44. The fourth-order valence-corrected chi connectivity index (χ4v) is 4.03. The Morgan fingerprint density at radius 2 is 2.14 bits per heavy atom. The van der Waals surface area contributed by atoms with Gasteiger partial charge in [0, 0.05) is 42.4 Å². The van der Waals surface area contributed by atoms with Crippen LogP contribution >= 0.6 is 0 Å². The molecule has 1 aromatic carbocycles. The number of aromatic nitrogens is 2. The molecule has 2 aromatic heterocycles. The molecule has 0 aliphatic carbocycles. The summed E-state index contributed by atoms with van der Waals surface area (Å²) >= 11 is 0. The van der Waals surface area contributed by atoms with Crippen LogP contribution in [0.5, 0.6) is 0 Å². The molecule has 1 fully saturated rings. The van der Waals surface area contributed by atoms with E-state index in [-0.39, 0.29) is 18.4 Å². The molecule has 2 N–H and O–H groups in total. The molecular weight excluding hydrogens is 356 g/mol. The number of carbonyl (C=O) groups is 2. The molecule has 146 valence electrons. The SMILES string of the molecule is Cc1ccc2c(C)c(C(=O)N3CCC[C@H](c4nccn4CC(N)=O)C3)oc2c1.